The zero-order valence-corrected chi connectivity index (χ0v) is 12.9. The third-order valence-electron chi connectivity index (χ3n) is 3.26. The Balaban J connectivity index is 2.40. The van der Waals surface area contributed by atoms with Gasteiger partial charge in [0.1, 0.15) is 11.6 Å². The smallest absolute Gasteiger partial charge is 0.223 e. The van der Waals surface area contributed by atoms with Gasteiger partial charge in [-0.2, -0.15) is 0 Å². The molecule has 4 heteroatoms. The van der Waals surface area contributed by atoms with Gasteiger partial charge in [-0.1, -0.05) is 26.0 Å². The minimum Gasteiger partial charge on any atom is -0.438 e. The van der Waals surface area contributed by atoms with Crippen LogP contribution >= 0.6 is 0 Å². The van der Waals surface area contributed by atoms with E-state index in [9.17, 15) is 4.39 Å². The lowest BCUT2D eigenvalue weighted by Crippen LogP contribution is -2.08. The predicted octanol–water partition coefficient (Wildman–Crippen LogP) is 4.16. The number of rotatable bonds is 5. The molecular weight excluding hydrogens is 267 g/mol. The lowest BCUT2D eigenvalue weighted by atomic mass is 10.0. The fourth-order valence-corrected chi connectivity index (χ4v) is 2.19. The number of ether oxygens (including phenoxy) is 1. The molecule has 0 saturated carbocycles. The van der Waals surface area contributed by atoms with Gasteiger partial charge in [-0.15, -0.1) is 0 Å². The largest absolute Gasteiger partial charge is 0.438 e. The van der Waals surface area contributed by atoms with Crippen LogP contribution < -0.4 is 10.1 Å². The van der Waals surface area contributed by atoms with Crippen LogP contribution in [-0.2, 0) is 6.54 Å². The molecule has 1 N–H and O–H groups in total. The van der Waals surface area contributed by atoms with Crippen LogP contribution in [0.5, 0.6) is 11.6 Å². The molecule has 0 spiro atoms. The molecule has 0 aliphatic rings. The van der Waals surface area contributed by atoms with Gasteiger partial charge < -0.3 is 10.1 Å². The maximum absolute atomic E-state index is 13.3. The topological polar surface area (TPSA) is 34.2 Å². The van der Waals surface area contributed by atoms with Crippen molar-refractivity contribution in [3.05, 3.63) is 53.0 Å². The highest BCUT2D eigenvalue weighted by molar-refractivity contribution is 5.42. The van der Waals surface area contributed by atoms with E-state index in [0.29, 0.717) is 23.9 Å². The highest BCUT2D eigenvalue weighted by Gasteiger charge is 2.13. The lowest BCUT2D eigenvalue weighted by molar-refractivity contribution is 0.442. The summed E-state index contributed by atoms with van der Waals surface area (Å²) in [5.74, 6) is 1.20. The minimum absolute atomic E-state index is 0.341. The number of benzene rings is 1. The predicted molar refractivity (Wildman–Crippen MR) is 82.3 cm³/mol. The van der Waals surface area contributed by atoms with Crippen molar-refractivity contribution < 1.29 is 9.13 Å². The summed E-state index contributed by atoms with van der Waals surface area (Å²) in [5, 5.41) is 3.00. The third kappa shape index (κ3) is 3.79. The molecule has 0 radical (unpaired) electrons. The molecular formula is C17H21FN2O. The summed E-state index contributed by atoms with van der Waals surface area (Å²) in [7, 11) is 1.81. The van der Waals surface area contributed by atoms with E-state index in [1.807, 2.05) is 13.0 Å². The molecule has 112 valence electrons. The zero-order valence-electron chi connectivity index (χ0n) is 12.9. The summed E-state index contributed by atoms with van der Waals surface area (Å²) in [6.45, 7) is 6.75. The number of aromatic nitrogens is 1. The van der Waals surface area contributed by atoms with Gasteiger partial charge in [0.05, 0.1) is 6.20 Å². The Labute approximate surface area is 125 Å². The summed E-state index contributed by atoms with van der Waals surface area (Å²) >= 11 is 0. The number of aryl methyl sites for hydroxylation is 1. The Morgan fingerprint density at radius 3 is 2.71 bits per heavy atom. The molecule has 1 aromatic carbocycles. The zero-order chi connectivity index (χ0) is 15.4. The second-order valence-corrected chi connectivity index (χ2v) is 5.45. The van der Waals surface area contributed by atoms with Gasteiger partial charge >= 0.3 is 0 Å². The van der Waals surface area contributed by atoms with E-state index in [4.69, 9.17) is 4.74 Å². The van der Waals surface area contributed by atoms with E-state index in [0.717, 1.165) is 16.9 Å². The van der Waals surface area contributed by atoms with Gasteiger partial charge in [-0.05, 0) is 43.1 Å². The van der Waals surface area contributed by atoms with Crippen LogP contribution in [0.15, 0.2) is 30.5 Å². The van der Waals surface area contributed by atoms with Crippen LogP contribution in [0.25, 0.3) is 0 Å². The average molecular weight is 288 g/mol. The van der Waals surface area contributed by atoms with Gasteiger partial charge in [-0.25, -0.2) is 9.37 Å². The molecule has 0 saturated heterocycles. The Morgan fingerprint density at radius 2 is 2.05 bits per heavy atom. The fraction of sp³-hybridized carbons (Fsp3) is 0.353. The van der Waals surface area contributed by atoms with Crippen LogP contribution in [0.4, 0.5) is 4.39 Å². The van der Waals surface area contributed by atoms with Crippen molar-refractivity contribution in [1.82, 2.24) is 10.3 Å². The monoisotopic (exact) mass is 288 g/mol. The number of hydrogen-bond acceptors (Lipinski definition) is 3. The first kappa shape index (κ1) is 15.4. The average Bonchev–Trinajstić information content (AvgIpc) is 2.42. The first-order valence-corrected chi connectivity index (χ1v) is 7.08. The van der Waals surface area contributed by atoms with Crippen molar-refractivity contribution in [3.8, 4) is 11.6 Å². The maximum atomic E-state index is 13.3. The number of nitrogens with zero attached hydrogens (tertiary/aromatic N) is 1. The molecule has 21 heavy (non-hydrogen) atoms. The van der Waals surface area contributed by atoms with E-state index in [1.54, 1.807) is 7.05 Å². The number of pyridine rings is 1. The Kier molecular flexibility index (Phi) is 4.91. The molecule has 0 unspecified atom stereocenters. The number of hydrogen-bond donors (Lipinski definition) is 1. The highest BCUT2D eigenvalue weighted by atomic mass is 19.1. The van der Waals surface area contributed by atoms with Gasteiger partial charge in [0.25, 0.3) is 0 Å². The Morgan fingerprint density at radius 1 is 1.29 bits per heavy atom. The van der Waals surface area contributed by atoms with Crippen LogP contribution in [0.2, 0.25) is 0 Å². The van der Waals surface area contributed by atoms with Gasteiger partial charge in [0.15, 0.2) is 0 Å². The normalized spacial score (nSPS) is 11.0. The van der Waals surface area contributed by atoms with Gasteiger partial charge in [0.2, 0.25) is 5.88 Å². The second kappa shape index (κ2) is 6.68. The fourth-order valence-electron chi connectivity index (χ4n) is 2.19. The molecule has 0 aliphatic heterocycles. The SMILES string of the molecule is CNCc1cc(F)cnc1Oc1cc(C)ccc1C(C)C. The van der Waals surface area contributed by atoms with Crippen molar-refractivity contribution in [2.75, 3.05) is 7.05 Å². The van der Waals surface area contributed by atoms with Gasteiger partial charge in [0, 0.05) is 12.1 Å². The summed E-state index contributed by atoms with van der Waals surface area (Å²) in [6.07, 6.45) is 1.18. The maximum Gasteiger partial charge on any atom is 0.223 e. The molecule has 0 amide bonds. The Hall–Kier alpha value is -1.94. The highest BCUT2D eigenvalue weighted by Crippen LogP contribution is 2.32. The van der Waals surface area contributed by atoms with Gasteiger partial charge in [-0.3, -0.25) is 0 Å². The van der Waals surface area contributed by atoms with E-state index in [-0.39, 0.29) is 5.82 Å². The van der Waals surface area contributed by atoms with Crippen molar-refractivity contribution in [2.24, 2.45) is 0 Å². The van der Waals surface area contributed by atoms with E-state index in [2.05, 4.69) is 36.3 Å². The van der Waals surface area contributed by atoms with Crippen molar-refractivity contribution in [1.29, 1.82) is 0 Å². The molecule has 1 aromatic heterocycles. The molecule has 0 aliphatic carbocycles. The first-order chi connectivity index (χ1) is 10.0. The molecule has 2 rings (SSSR count). The molecule has 1 heterocycles. The summed E-state index contributed by atoms with van der Waals surface area (Å²) in [4.78, 5) is 4.09. The number of halogens is 1. The second-order valence-electron chi connectivity index (χ2n) is 5.45. The van der Waals surface area contributed by atoms with E-state index in [1.165, 1.54) is 12.3 Å². The summed E-state index contributed by atoms with van der Waals surface area (Å²) in [5.41, 5.74) is 2.93. The molecule has 2 aromatic rings. The van der Waals surface area contributed by atoms with E-state index >= 15 is 0 Å². The Bertz CT molecular complexity index is 626. The van der Waals surface area contributed by atoms with Crippen molar-refractivity contribution in [2.45, 2.75) is 33.2 Å². The standard InChI is InChI=1S/C17H21FN2O/c1-11(2)15-6-5-12(3)7-16(15)21-17-13(9-19-4)8-14(18)10-20-17/h5-8,10-11,19H,9H2,1-4H3. The van der Waals surface area contributed by atoms with Crippen LogP contribution in [0, 0.1) is 12.7 Å². The molecule has 0 atom stereocenters. The van der Waals surface area contributed by atoms with E-state index < -0.39 is 0 Å². The molecule has 0 bridgehead atoms. The van der Waals surface area contributed by atoms with Crippen molar-refractivity contribution in [3.63, 3.8) is 0 Å². The lowest BCUT2D eigenvalue weighted by Gasteiger charge is -2.16. The minimum atomic E-state index is -0.360. The van der Waals surface area contributed by atoms with Crippen LogP contribution in [-0.4, -0.2) is 12.0 Å². The molecule has 3 nitrogen and oxygen atoms in total. The van der Waals surface area contributed by atoms with Crippen LogP contribution in [0.3, 0.4) is 0 Å². The summed E-state index contributed by atoms with van der Waals surface area (Å²) < 4.78 is 19.3. The third-order valence-corrected chi connectivity index (χ3v) is 3.26. The first-order valence-electron chi connectivity index (χ1n) is 7.08. The summed E-state index contributed by atoms with van der Waals surface area (Å²) in [6, 6.07) is 7.57. The van der Waals surface area contributed by atoms with Crippen LogP contribution in [0.1, 0.15) is 36.5 Å². The van der Waals surface area contributed by atoms with Crippen molar-refractivity contribution >= 4 is 0 Å². The number of nitrogens with one attached hydrogen (secondary N) is 1. The molecule has 0 fully saturated rings. The quantitative estimate of drug-likeness (QED) is 0.897.